The molecular formula is C33H41FN2O5. The summed E-state index contributed by atoms with van der Waals surface area (Å²) in [5, 5.41) is 9.54. The molecule has 1 N–H and O–H groups in total. The molecule has 0 saturated carbocycles. The second-order valence-corrected chi connectivity index (χ2v) is 10.5. The topological polar surface area (TPSA) is 87.2 Å². The Morgan fingerprint density at radius 2 is 1.71 bits per heavy atom. The smallest absolute Gasteiger partial charge is 0.309 e. The molecule has 220 valence electrons. The van der Waals surface area contributed by atoms with Crippen LogP contribution in [0.4, 0.5) is 4.39 Å². The van der Waals surface area contributed by atoms with E-state index in [1.807, 2.05) is 30.3 Å². The summed E-state index contributed by atoms with van der Waals surface area (Å²) in [6.45, 7) is 8.48. The lowest BCUT2D eigenvalue weighted by molar-refractivity contribution is -0.152. The van der Waals surface area contributed by atoms with Crippen molar-refractivity contribution in [3.05, 3.63) is 96.9 Å². The molecule has 0 spiro atoms. The number of benzene rings is 2. The van der Waals surface area contributed by atoms with E-state index in [-0.39, 0.29) is 55.8 Å². The summed E-state index contributed by atoms with van der Waals surface area (Å²) in [6.07, 6.45) is 5.93. The molecule has 1 heterocycles. The summed E-state index contributed by atoms with van der Waals surface area (Å²) in [5.41, 5.74) is 1.77. The predicted octanol–water partition coefficient (Wildman–Crippen LogP) is 4.70. The second-order valence-electron chi connectivity index (χ2n) is 10.5. The number of esters is 1. The zero-order chi connectivity index (χ0) is 29.6. The van der Waals surface area contributed by atoms with Crippen molar-refractivity contribution in [2.24, 2.45) is 11.8 Å². The van der Waals surface area contributed by atoms with Gasteiger partial charge < -0.3 is 19.6 Å². The Kier molecular flexibility index (Phi) is 12.8. The SMILES string of the molecule is C=CC[C@@H](Cc1ccc(F)cc1)C(=O)OC[C@H]1CCCN1C(=O)[C@H](CC=C)CC(=O)N(CCO)Cc1ccccc1. The van der Waals surface area contributed by atoms with E-state index in [1.54, 1.807) is 34.1 Å². The van der Waals surface area contributed by atoms with Gasteiger partial charge in [-0.3, -0.25) is 14.4 Å². The van der Waals surface area contributed by atoms with Gasteiger partial charge in [0.25, 0.3) is 0 Å². The van der Waals surface area contributed by atoms with Crippen molar-refractivity contribution >= 4 is 17.8 Å². The van der Waals surface area contributed by atoms with Gasteiger partial charge in [-0.05, 0) is 55.4 Å². The molecule has 1 aliphatic rings. The summed E-state index contributed by atoms with van der Waals surface area (Å²) in [4.78, 5) is 43.2. The number of hydrogen-bond donors (Lipinski definition) is 1. The Hall–Kier alpha value is -3.78. The van der Waals surface area contributed by atoms with Crippen molar-refractivity contribution in [3.63, 3.8) is 0 Å². The number of hydrogen-bond acceptors (Lipinski definition) is 5. The number of aliphatic hydroxyl groups is 1. The van der Waals surface area contributed by atoms with Crippen LogP contribution >= 0.6 is 0 Å². The van der Waals surface area contributed by atoms with Crippen LogP contribution in [0.25, 0.3) is 0 Å². The Morgan fingerprint density at radius 1 is 1.02 bits per heavy atom. The Bertz CT molecular complexity index is 1150. The van der Waals surface area contributed by atoms with Gasteiger partial charge in [-0.15, -0.1) is 13.2 Å². The number of nitrogens with zero attached hydrogens (tertiary/aromatic N) is 2. The minimum absolute atomic E-state index is 0.000225. The fourth-order valence-corrected chi connectivity index (χ4v) is 5.23. The highest BCUT2D eigenvalue weighted by molar-refractivity contribution is 5.86. The normalized spacial score (nSPS) is 16.0. The van der Waals surface area contributed by atoms with E-state index in [0.29, 0.717) is 38.8 Å². The number of amides is 2. The van der Waals surface area contributed by atoms with Crippen LogP contribution in [-0.4, -0.2) is 65.0 Å². The lowest BCUT2D eigenvalue weighted by atomic mass is 9.96. The van der Waals surface area contributed by atoms with E-state index in [9.17, 15) is 23.9 Å². The van der Waals surface area contributed by atoms with Crippen LogP contribution in [0.3, 0.4) is 0 Å². The van der Waals surface area contributed by atoms with Gasteiger partial charge in [0.1, 0.15) is 12.4 Å². The van der Waals surface area contributed by atoms with Crippen molar-refractivity contribution < 1.29 is 28.6 Å². The van der Waals surface area contributed by atoms with Crippen molar-refractivity contribution in [2.45, 2.75) is 51.1 Å². The zero-order valence-electron chi connectivity index (χ0n) is 23.6. The van der Waals surface area contributed by atoms with E-state index < -0.39 is 11.8 Å². The standard InChI is InChI=1S/C33H41FN2O5/c1-3-9-27(22-31(38)35(19-20-37)23-26-11-6-5-7-12-26)32(39)36-18-8-13-30(36)24-41-33(40)28(10-4-2)21-25-14-16-29(34)17-15-25/h3-7,11-12,14-17,27-28,30,37H,1-2,8-10,13,18-24H2/t27-,28+,30-/m1/s1. The molecule has 1 saturated heterocycles. The van der Waals surface area contributed by atoms with Gasteiger partial charge in [-0.1, -0.05) is 54.6 Å². The van der Waals surface area contributed by atoms with Gasteiger partial charge >= 0.3 is 5.97 Å². The first-order valence-corrected chi connectivity index (χ1v) is 14.2. The minimum Gasteiger partial charge on any atom is -0.463 e. The Balaban J connectivity index is 1.62. The zero-order valence-corrected chi connectivity index (χ0v) is 23.6. The summed E-state index contributed by atoms with van der Waals surface area (Å²) in [7, 11) is 0. The van der Waals surface area contributed by atoms with Crippen LogP contribution in [0.2, 0.25) is 0 Å². The Morgan fingerprint density at radius 3 is 2.37 bits per heavy atom. The van der Waals surface area contributed by atoms with Crippen LogP contribution in [0.5, 0.6) is 0 Å². The molecule has 2 aromatic rings. The molecular weight excluding hydrogens is 523 g/mol. The molecule has 0 radical (unpaired) electrons. The third kappa shape index (κ3) is 9.67. The van der Waals surface area contributed by atoms with Gasteiger partial charge in [0.05, 0.1) is 24.5 Å². The van der Waals surface area contributed by atoms with Gasteiger partial charge in [-0.25, -0.2) is 4.39 Å². The Labute approximate surface area is 242 Å². The maximum Gasteiger partial charge on any atom is 0.309 e. The highest BCUT2D eigenvalue weighted by Crippen LogP contribution is 2.25. The summed E-state index contributed by atoms with van der Waals surface area (Å²) >= 11 is 0. The molecule has 8 heteroatoms. The number of carbonyl (C=O) groups excluding carboxylic acids is 3. The van der Waals surface area contributed by atoms with Crippen LogP contribution in [0, 0.1) is 17.7 Å². The number of rotatable bonds is 16. The van der Waals surface area contributed by atoms with E-state index in [4.69, 9.17) is 4.74 Å². The molecule has 3 rings (SSSR count). The third-order valence-electron chi connectivity index (χ3n) is 7.42. The first-order valence-electron chi connectivity index (χ1n) is 14.2. The number of likely N-dealkylation sites (tertiary alicyclic amines) is 1. The lowest BCUT2D eigenvalue weighted by Gasteiger charge is -2.30. The van der Waals surface area contributed by atoms with Crippen LogP contribution in [-0.2, 0) is 32.1 Å². The van der Waals surface area contributed by atoms with Crippen molar-refractivity contribution in [2.75, 3.05) is 26.3 Å². The van der Waals surface area contributed by atoms with Crippen LogP contribution < -0.4 is 0 Å². The second kappa shape index (κ2) is 16.5. The maximum absolute atomic E-state index is 13.6. The van der Waals surface area contributed by atoms with Gasteiger partial charge in [0.2, 0.25) is 11.8 Å². The molecule has 0 aromatic heterocycles. The monoisotopic (exact) mass is 564 g/mol. The average molecular weight is 565 g/mol. The molecule has 0 unspecified atom stereocenters. The molecule has 1 aliphatic heterocycles. The summed E-state index contributed by atoms with van der Waals surface area (Å²) < 4.78 is 19.0. The lowest BCUT2D eigenvalue weighted by Crippen LogP contribution is -2.44. The summed E-state index contributed by atoms with van der Waals surface area (Å²) in [6, 6.07) is 15.3. The predicted molar refractivity (Wildman–Crippen MR) is 156 cm³/mol. The fraction of sp³-hybridized carbons (Fsp3) is 0.424. The number of halogens is 1. The molecule has 2 aromatic carbocycles. The molecule has 0 aliphatic carbocycles. The van der Waals surface area contributed by atoms with E-state index >= 15 is 0 Å². The van der Waals surface area contributed by atoms with Crippen molar-refractivity contribution in [1.29, 1.82) is 0 Å². The molecule has 7 nitrogen and oxygen atoms in total. The van der Waals surface area contributed by atoms with Crippen LogP contribution in [0.15, 0.2) is 79.9 Å². The van der Waals surface area contributed by atoms with Crippen molar-refractivity contribution in [1.82, 2.24) is 9.80 Å². The number of aliphatic hydroxyl groups excluding tert-OH is 1. The first-order chi connectivity index (χ1) is 19.9. The van der Waals surface area contributed by atoms with Crippen molar-refractivity contribution in [3.8, 4) is 0 Å². The first kappa shape index (κ1) is 31.7. The van der Waals surface area contributed by atoms with Gasteiger partial charge in [-0.2, -0.15) is 0 Å². The number of carbonyl (C=O) groups is 3. The quantitative estimate of drug-likeness (QED) is 0.236. The van der Waals surface area contributed by atoms with Gasteiger partial charge in [0.15, 0.2) is 0 Å². The fourth-order valence-electron chi connectivity index (χ4n) is 5.23. The maximum atomic E-state index is 13.6. The van der Waals surface area contributed by atoms with E-state index in [1.165, 1.54) is 12.1 Å². The highest BCUT2D eigenvalue weighted by Gasteiger charge is 2.35. The number of ether oxygens (including phenoxy) is 1. The summed E-state index contributed by atoms with van der Waals surface area (Å²) in [5.74, 6) is -2.15. The average Bonchev–Trinajstić information content (AvgIpc) is 3.45. The number of allylic oxidation sites excluding steroid dienone is 2. The third-order valence-corrected chi connectivity index (χ3v) is 7.42. The minimum atomic E-state index is -0.597. The van der Waals surface area contributed by atoms with Gasteiger partial charge in [0, 0.05) is 26.1 Å². The van der Waals surface area contributed by atoms with E-state index in [2.05, 4.69) is 13.2 Å². The van der Waals surface area contributed by atoms with Crippen LogP contribution in [0.1, 0.15) is 43.2 Å². The molecule has 41 heavy (non-hydrogen) atoms. The molecule has 1 fully saturated rings. The highest BCUT2D eigenvalue weighted by atomic mass is 19.1. The largest absolute Gasteiger partial charge is 0.463 e. The molecule has 2 amide bonds. The van der Waals surface area contributed by atoms with E-state index in [0.717, 1.165) is 17.5 Å². The molecule has 0 bridgehead atoms. The molecule has 3 atom stereocenters.